The maximum atomic E-state index is 5.37. The Bertz CT molecular complexity index is 486. The normalized spacial score (nSPS) is 21.3. The molecule has 2 aromatic heterocycles. The van der Waals surface area contributed by atoms with E-state index in [9.17, 15) is 0 Å². The zero-order chi connectivity index (χ0) is 10.3. The molecule has 0 bridgehead atoms. The molecule has 1 unspecified atom stereocenters. The van der Waals surface area contributed by atoms with Crippen molar-refractivity contribution in [2.24, 2.45) is 0 Å². The molecule has 4 heteroatoms. The second kappa shape index (κ2) is 3.31. The SMILES string of the molecule is Cc1noc2c(C3CCNC3)cncc12. The molecular weight excluding hydrogens is 190 g/mol. The summed E-state index contributed by atoms with van der Waals surface area (Å²) >= 11 is 0. The number of nitrogens with zero attached hydrogens (tertiary/aromatic N) is 2. The minimum Gasteiger partial charge on any atom is -0.356 e. The van der Waals surface area contributed by atoms with E-state index >= 15 is 0 Å². The molecule has 1 aliphatic rings. The summed E-state index contributed by atoms with van der Waals surface area (Å²) in [5.41, 5.74) is 3.03. The average molecular weight is 203 g/mol. The lowest BCUT2D eigenvalue weighted by Gasteiger charge is -2.07. The van der Waals surface area contributed by atoms with E-state index in [1.165, 1.54) is 5.56 Å². The van der Waals surface area contributed by atoms with Crippen molar-refractivity contribution < 1.29 is 4.52 Å². The number of aryl methyl sites for hydroxylation is 1. The second-order valence-electron chi connectivity index (χ2n) is 4.06. The van der Waals surface area contributed by atoms with E-state index in [1.54, 1.807) is 0 Å². The number of aromatic nitrogens is 2. The lowest BCUT2D eigenvalue weighted by Crippen LogP contribution is -2.08. The summed E-state index contributed by atoms with van der Waals surface area (Å²) in [6.45, 7) is 4.04. The van der Waals surface area contributed by atoms with Gasteiger partial charge >= 0.3 is 0 Å². The van der Waals surface area contributed by atoms with Gasteiger partial charge in [0.1, 0.15) is 0 Å². The molecule has 0 aromatic carbocycles. The summed E-state index contributed by atoms with van der Waals surface area (Å²) in [5.74, 6) is 0.522. The first-order valence-electron chi connectivity index (χ1n) is 5.27. The van der Waals surface area contributed by atoms with Crippen LogP contribution >= 0.6 is 0 Å². The van der Waals surface area contributed by atoms with Crippen molar-refractivity contribution in [1.82, 2.24) is 15.5 Å². The zero-order valence-electron chi connectivity index (χ0n) is 8.66. The van der Waals surface area contributed by atoms with Crippen molar-refractivity contribution in [3.8, 4) is 0 Å². The van der Waals surface area contributed by atoms with Crippen molar-refractivity contribution in [2.75, 3.05) is 13.1 Å². The number of rotatable bonds is 1. The number of fused-ring (bicyclic) bond motifs is 1. The number of hydrogen-bond donors (Lipinski definition) is 1. The third kappa shape index (κ3) is 1.33. The fourth-order valence-electron chi connectivity index (χ4n) is 2.20. The molecule has 0 aliphatic carbocycles. The summed E-state index contributed by atoms with van der Waals surface area (Å²) in [6, 6.07) is 0. The molecule has 1 aliphatic heterocycles. The van der Waals surface area contributed by atoms with Crippen LogP contribution in [0, 0.1) is 6.92 Å². The highest BCUT2D eigenvalue weighted by atomic mass is 16.5. The third-order valence-corrected chi connectivity index (χ3v) is 3.09. The van der Waals surface area contributed by atoms with Gasteiger partial charge in [-0.05, 0) is 19.9 Å². The van der Waals surface area contributed by atoms with E-state index in [1.807, 2.05) is 19.3 Å². The number of hydrogen-bond acceptors (Lipinski definition) is 4. The van der Waals surface area contributed by atoms with Gasteiger partial charge in [0.05, 0.1) is 11.1 Å². The molecule has 4 nitrogen and oxygen atoms in total. The van der Waals surface area contributed by atoms with Crippen LogP contribution in [0.1, 0.15) is 23.6 Å². The highest BCUT2D eigenvalue weighted by molar-refractivity contribution is 5.81. The fraction of sp³-hybridized carbons (Fsp3) is 0.455. The van der Waals surface area contributed by atoms with E-state index in [2.05, 4.69) is 15.5 Å². The largest absolute Gasteiger partial charge is 0.356 e. The summed E-state index contributed by atoms with van der Waals surface area (Å²) in [7, 11) is 0. The highest BCUT2D eigenvalue weighted by Crippen LogP contribution is 2.29. The Morgan fingerprint density at radius 1 is 1.47 bits per heavy atom. The van der Waals surface area contributed by atoms with Crippen LogP contribution in [0.3, 0.4) is 0 Å². The Hall–Kier alpha value is -1.42. The first-order valence-corrected chi connectivity index (χ1v) is 5.27. The minimum absolute atomic E-state index is 0.522. The summed E-state index contributed by atoms with van der Waals surface area (Å²) < 4.78 is 5.37. The Balaban J connectivity index is 2.17. The van der Waals surface area contributed by atoms with E-state index in [0.717, 1.165) is 36.2 Å². The van der Waals surface area contributed by atoms with Crippen LogP contribution in [-0.4, -0.2) is 23.2 Å². The van der Waals surface area contributed by atoms with Gasteiger partial charge in [-0.2, -0.15) is 0 Å². The molecule has 2 aromatic rings. The van der Waals surface area contributed by atoms with Crippen molar-refractivity contribution >= 4 is 11.0 Å². The third-order valence-electron chi connectivity index (χ3n) is 3.09. The fourth-order valence-corrected chi connectivity index (χ4v) is 2.20. The van der Waals surface area contributed by atoms with Crippen molar-refractivity contribution in [1.29, 1.82) is 0 Å². The van der Waals surface area contributed by atoms with Crippen LogP contribution in [0.25, 0.3) is 11.0 Å². The summed E-state index contributed by atoms with van der Waals surface area (Å²) in [6.07, 6.45) is 4.89. The monoisotopic (exact) mass is 203 g/mol. The van der Waals surface area contributed by atoms with Gasteiger partial charge in [0.25, 0.3) is 0 Å². The standard InChI is InChI=1S/C11H13N3O/c1-7-9-5-13-6-10(11(9)15-14-7)8-2-3-12-4-8/h5-6,8,12H,2-4H2,1H3. The average Bonchev–Trinajstić information content (AvgIpc) is 2.88. The predicted molar refractivity (Wildman–Crippen MR) is 56.8 cm³/mol. The lowest BCUT2D eigenvalue weighted by molar-refractivity contribution is 0.446. The van der Waals surface area contributed by atoms with Crippen molar-refractivity contribution in [2.45, 2.75) is 19.3 Å². The molecule has 1 atom stereocenters. The van der Waals surface area contributed by atoms with Gasteiger partial charge < -0.3 is 9.84 Å². The molecule has 1 N–H and O–H groups in total. The van der Waals surface area contributed by atoms with Crippen molar-refractivity contribution in [3.63, 3.8) is 0 Å². The Morgan fingerprint density at radius 3 is 3.20 bits per heavy atom. The van der Waals surface area contributed by atoms with Gasteiger partial charge in [0.15, 0.2) is 5.58 Å². The van der Waals surface area contributed by atoms with E-state index in [-0.39, 0.29) is 0 Å². The molecule has 78 valence electrons. The summed E-state index contributed by atoms with van der Waals surface area (Å²) in [4.78, 5) is 4.26. The Kier molecular flexibility index (Phi) is 1.95. The van der Waals surface area contributed by atoms with E-state index in [0.29, 0.717) is 5.92 Å². The molecule has 1 fully saturated rings. The van der Waals surface area contributed by atoms with Crippen LogP contribution in [0.4, 0.5) is 0 Å². The van der Waals surface area contributed by atoms with Crippen LogP contribution < -0.4 is 5.32 Å². The molecule has 1 saturated heterocycles. The molecule has 3 heterocycles. The van der Waals surface area contributed by atoms with Gasteiger partial charge in [-0.15, -0.1) is 0 Å². The minimum atomic E-state index is 0.522. The van der Waals surface area contributed by atoms with E-state index < -0.39 is 0 Å². The molecule has 0 radical (unpaired) electrons. The quantitative estimate of drug-likeness (QED) is 0.765. The van der Waals surface area contributed by atoms with Gasteiger partial charge in [-0.1, -0.05) is 5.16 Å². The number of pyridine rings is 1. The van der Waals surface area contributed by atoms with Crippen LogP contribution in [0.2, 0.25) is 0 Å². The topological polar surface area (TPSA) is 51.0 Å². The van der Waals surface area contributed by atoms with E-state index in [4.69, 9.17) is 4.52 Å². The smallest absolute Gasteiger partial charge is 0.173 e. The van der Waals surface area contributed by atoms with Crippen molar-refractivity contribution in [3.05, 3.63) is 23.7 Å². The van der Waals surface area contributed by atoms with Gasteiger partial charge in [-0.3, -0.25) is 4.98 Å². The summed E-state index contributed by atoms with van der Waals surface area (Å²) in [5, 5.41) is 8.39. The number of nitrogens with one attached hydrogen (secondary N) is 1. The highest BCUT2D eigenvalue weighted by Gasteiger charge is 2.21. The molecule has 0 saturated carbocycles. The second-order valence-corrected chi connectivity index (χ2v) is 4.06. The van der Waals surface area contributed by atoms with Crippen LogP contribution in [0.5, 0.6) is 0 Å². The van der Waals surface area contributed by atoms with Crippen LogP contribution in [0.15, 0.2) is 16.9 Å². The molecule has 15 heavy (non-hydrogen) atoms. The Labute approximate surface area is 87.7 Å². The van der Waals surface area contributed by atoms with Gasteiger partial charge in [0, 0.05) is 30.4 Å². The van der Waals surface area contributed by atoms with Crippen LogP contribution in [-0.2, 0) is 0 Å². The Morgan fingerprint density at radius 2 is 2.40 bits per heavy atom. The maximum absolute atomic E-state index is 5.37. The molecule has 0 amide bonds. The molecule has 3 rings (SSSR count). The lowest BCUT2D eigenvalue weighted by atomic mass is 9.99. The van der Waals surface area contributed by atoms with Gasteiger partial charge in [0.2, 0.25) is 0 Å². The first-order chi connectivity index (χ1) is 7.36. The zero-order valence-corrected chi connectivity index (χ0v) is 8.66. The molecular formula is C11H13N3O. The van der Waals surface area contributed by atoms with Gasteiger partial charge in [-0.25, -0.2) is 0 Å². The molecule has 0 spiro atoms. The maximum Gasteiger partial charge on any atom is 0.173 e. The predicted octanol–water partition coefficient (Wildman–Crippen LogP) is 1.61. The first kappa shape index (κ1) is 8.85.